The second-order valence-electron chi connectivity index (χ2n) is 5.92. The van der Waals surface area contributed by atoms with Crippen molar-refractivity contribution >= 4 is 17.3 Å². The van der Waals surface area contributed by atoms with Crippen LogP contribution in [-0.4, -0.2) is 11.1 Å². The molecule has 0 fully saturated rings. The molecule has 0 saturated carbocycles. The summed E-state index contributed by atoms with van der Waals surface area (Å²) in [5.41, 5.74) is 0.746. The summed E-state index contributed by atoms with van der Waals surface area (Å²) in [6.07, 6.45) is 0.600. The summed E-state index contributed by atoms with van der Waals surface area (Å²) in [6, 6.07) is 2.13. The van der Waals surface area contributed by atoms with Crippen molar-refractivity contribution in [2.45, 2.75) is 46.5 Å². The smallest absolute Gasteiger partial charge is 0.309 e. The van der Waals surface area contributed by atoms with Crippen molar-refractivity contribution < 1.29 is 9.90 Å². The van der Waals surface area contributed by atoms with Gasteiger partial charge in [-0.15, -0.1) is 11.3 Å². The van der Waals surface area contributed by atoms with Crippen LogP contribution in [0, 0.1) is 5.41 Å². The third-order valence-electron chi connectivity index (χ3n) is 2.71. The van der Waals surface area contributed by atoms with Crippen LogP contribution in [0.1, 0.15) is 45.1 Å². The fourth-order valence-electron chi connectivity index (χ4n) is 1.38. The number of carboxylic acids is 1. The number of rotatable bonds is 3. The first-order chi connectivity index (χ1) is 7.13. The molecule has 0 aliphatic heterocycles. The molecular formula is C13H20O2S. The van der Waals surface area contributed by atoms with E-state index >= 15 is 0 Å². The van der Waals surface area contributed by atoms with Crippen LogP contribution in [0.25, 0.3) is 0 Å². The van der Waals surface area contributed by atoms with Crippen LogP contribution >= 0.6 is 11.3 Å². The van der Waals surface area contributed by atoms with E-state index in [2.05, 4.69) is 32.2 Å². The molecule has 0 aliphatic carbocycles. The van der Waals surface area contributed by atoms with Crippen LogP contribution in [0.15, 0.2) is 11.4 Å². The Hall–Kier alpha value is -0.830. The van der Waals surface area contributed by atoms with Crippen molar-refractivity contribution in [2.75, 3.05) is 0 Å². The Morgan fingerprint density at radius 1 is 1.31 bits per heavy atom. The third-order valence-corrected chi connectivity index (χ3v) is 3.65. The normalized spacial score (nSPS) is 12.8. The Labute approximate surface area is 101 Å². The van der Waals surface area contributed by atoms with E-state index in [1.807, 2.05) is 0 Å². The lowest BCUT2D eigenvalue weighted by atomic mass is 9.86. The molecule has 90 valence electrons. The van der Waals surface area contributed by atoms with E-state index in [9.17, 15) is 4.79 Å². The first-order valence-corrected chi connectivity index (χ1v) is 6.32. The molecule has 0 atom stereocenters. The maximum Gasteiger partial charge on any atom is 0.309 e. The van der Waals surface area contributed by atoms with Gasteiger partial charge in [0.25, 0.3) is 0 Å². The van der Waals surface area contributed by atoms with Gasteiger partial charge in [-0.1, -0.05) is 20.8 Å². The predicted molar refractivity (Wildman–Crippen MR) is 68.1 cm³/mol. The zero-order valence-corrected chi connectivity index (χ0v) is 11.4. The number of carboxylic acid groups (broad SMARTS) is 1. The van der Waals surface area contributed by atoms with E-state index in [1.165, 1.54) is 5.56 Å². The summed E-state index contributed by atoms with van der Waals surface area (Å²) in [5.74, 6) is -0.738. The zero-order valence-electron chi connectivity index (χ0n) is 10.6. The quantitative estimate of drug-likeness (QED) is 0.874. The van der Waals surface area contributed by atoms with Gasteiger partial charge in [-0.05, 0) is 42.7 Å². The van der Waals surface area contributed by atoms with Gasteiger partial charge in [0.05, 0.1) is 5.41 Å². The van der Waals surface area contributed by atoms with Crippen LogP contribution < -0.4 is 0 Å². The highest BCUT2D eigenvalue weighted by molar-refractivity contribution is 7.10. The minimum absolute atomic E-state index is 0.141. The summed E-state index contributed by atoms with van der Waals surface area (Å²) in [4.78, 5) is 12.2. The van der Waals surface area contributed by atoms with Crippen LogP contribution in [0.5, 0.6) is 0 Å². The van der Waals surface area contributed by atoms with Crippen LogP contribution in [0.2, 0.25) is 0 Å². The van der Waals surface area contributed by atoms with E-state index < -0.39 is 11.4 Å². The first kappa shape index (κ1) is 13.2. The van der Waals surface area contributed by atoms with E-state index in [0.717, 1.165) is 4.88 Å². The number of thiophene rings is 1. The molecule has 3 heteroatoms. The van der Waals surface area contributed by atoms with Gasteiger partial charge in [0.1, 0.15) is 0 Å². The number of carbonyl (C=O) groups is 1. The van der Waals surface area contributed by atoms with Crippen molar-refractivity contribution in [3.05, 3.63) is 21.9 Å². The third kappa shape index (κ3) is 3.08. The van der Waals surface area contributed by atoms with E-state index in [4.69, 9.17) is 5.11 Å². The Bertz CT molecular complexity index is 383. The van der Waals surface area contributed by atoms with Gasteiger partial charge in [0.2, 0.25) is 0 Å². The summed E-state index contributed by atoms with van der Waals surface area (Å²) in [6.45, 7) is 10.0. The second kappa shape index (κ2) is 4.21. The minimum Gasteiger partial charge on any atom is -0.481 e. The van der Waals surface area contributed by atoms with E-state index in [1.54, 1.807) is 25.2 Å². The van der Waals surface area contributed by atoms with Crippen molar-refractivity contribution in [1.82, 2.24) is 0 Å². The van der Waals surface area contributed by atoms with E-state index in [-0.39, 0.29) is 5.41 Å². The molecule has 0 radical (unpaired) electrons. The largest absolute Gasteiger partial charge is 0.481 e. The molecule has 1 aromatic heterocycles. The molecule has 0 bridgehead atoms. The molecule has 0 spiro atoms. The van der Waals surface area contributed by atoms with Gasteiger partial charge in [-0.25, -0.2) is 0 Å². The summed E-state index contributed by atoms with van der Waals surface area (Å²) < 4.78 is 0. The van der Waals surface area contributed by atoms with Crippen molar-refractivity contribution in [1.29, 1.82) is 0 Å². The lowest BCUT2D eigenvalue weighted by Crippen LogP contribution is -2.25. The molecule has 0 aliphatic rings. The molecule has 1 N–H and O–H groups in total. The van der Waals surface area contributed by atoms with Crippen molar-refractivity contribution in [3.63, 3.8) is 0 Å². The summed E-state index contributed by atoms with van der Waals surface area (Å²) in [5, 5.41) is 11.2. The topological polar surface area (TPSA) is 37.3 Å². The monoisotopic (exact) mass is 240 g/mol. The maximum absolute atomic E-state index is 11.0. The maximum atomic E-state index is 11.0. The van der Waals surface area contributed by atoms with Crippen LogP contribution in [-0.2, 0) is 16.6 Å². The summed E-state index contributed by atoms with van der Waals surface area (Å²) >= 11 is 1.66. The Morgan fingerprint density at radius 2 is 1.88 bits per heavy atom. The molecule has 0 unspecified atom stereocenters. The van der Waals surface area contributed by atoms with Gasteiger partial charge >= 0.3 is 5.97 Å². The Balaban J connectivity index is 2.85. The van der Waals surface area contributed by atoms with Gasteiger partial charge in [0.15, 0.2) is 0 Å². The lowest BCUT2D eigenvalue weighted by molar-refractivity contribution is -0.146. The zero-order chi connectivity index (χ0) is 12.6. The standard InChI is InChI=1S/C13H20O2S/c1-12(2,3)9-6-10(16-8-9)7-13(4,5)11(14)15/h6,8H,7H2,1-5H3,(H,14,15). The molecule has 0 amide bonds. The molecule has 1 rings (SSSR count). The summed E-state index contributed by atoms with van der Waals surface area (Å²) in [7, 11) is 0. The number of hydrogen-bond donors (Lipinski definition) is 1. The molecule has 1 aromatic rings. The molecule has 16 heavy (non-hydrogen) atoms. The molecule has 0 saturated heterocycles. The molecular weight excluding hydrogens is 220 g/mol. The molecule has 1 heterocycles. The lowest BCUT2D eigenvalue weighted by Gasteiger charge is -2.18. The first-order valence-electron chi connectivity index (χ1n) is 5.44. The van der Waals surface area contributed by atoms with Crippen LogP contribution in [0.3, 0.4) is 0 Å². The average molecular weight is 240 g/mol. The fourth-order valence-corrected chi connectivity index (χ4v) is 2.72. The average Bonchev–Trinajstić information content (AvgIpc) is 2.50. The molecule has 0 aromatic carbocycles. The van der Waals surface area contributed by atoms with Gasteiger partial charge in [-0.2, -0.15) is 0 Å². The Kier molecular flexibility index (Phi) is 3.48. The highest BCUT2D eigenvalue weighted by atomic mass is 32.1. The highest BCUT2D eigenvalue weighted by Gasteiger charge is 2.28. The highest BCUT2D eigenvalue weighted by Crippen LogP contribution is 2.31. The van der Waals surface area contributed by atoms with Gasteiger partial charge in [0, 0.05) is 4.88 Å². The fraction of sp³-hybridized carbons (Fsp3) is 0.615. The van der Waals surface area contributed by atoms with Gasteiger partial charge < -0.3 is 5.11 Å². The Morgan fingerprint density at radius 3 is 2.25 bits per heavy atom. The van der Waals surface area contributed by atoms with Crippen LogP contribution in [0.4, 0.5) is 0 Å². The van der Waals surface area contributed by atoms with Crippen molar-refractivity contribution in [2.24, 2.45) is 5.41 Å². The SMILES string of the molecule is CC(C)(Cc1cc(C(C)(C)C)cs1)C(=O)O. The molecule has 2 nitrogen and oxygen atoms in total. The van der Waals surface area contributed by atoms with Crippen molar-refractivity contribution in [3.8, 4) is 0 Å². The van der Waals surface area contributed by atoms with E-state index in [0.29, 0.717) is 6.42 Å². The number of hydrogen-bond acceptors (Lipinski definition) is 2. The van der Waals surface area contributed by atoms with Gasteiger partial charge in [-0.3, -0.25) is 4.79 Å². The second-order valence-corrected chi connectivity index (χ2v) is 6.91. The number of aliphatic carboxylic acids is 1. The predicted octanol–water partition coefficient (Wildman–Crippen LogP) is 3.70. The minimum atomic E-state index is -0.738.